The average molecular weight is 253 g/mol. The zero-order valence-corrected chi connectivity index (χ0v) is 12.5. The van der Waals surface area contributed by atoms with Crippen LogP contribution in [-0.2, 0) is 0 Å². The molecule has 2 heterocycles. The number of hydrogen-bond acceptors (Lipinski definition) is 3. The number of rotatable bonds is 5. The Morgan fingerprint density at radius 3 is 2.72 bits per heavy atom. The van der Waals surface area contributed by atoms with Gasteiger partial charge in [0.05, 0.1) is 0 Å². The van der Waals surface area contributed by atoms with Crippen LogP contribution in [0.15, 0.2) is 0 Å². The second-order valence-electron chi connectivity index (χ2n) is 6.29. The summed E-state index contributed by atoms with van der Waals surface area (Å²) in [5.41, 5.74) is 0. The molecule has 18 heavy (non-hydrogen) atoms. The monoisotopic (exact) mass is 253 g/mol. The van der Waals surface area contributed by atoms with Crippen LogP contribution in [0.2, 0.25) is 0 Å². The Kier molecular flexibility index (Phi) is 5.46. The minimum atomic E-state index is 0.673. The molecule has 0 aromatic heterocycles. The summed E-state index contributed by atoms with van der Waals surface area (Å²) in [6.45, 7) is 10.9. The molecule has 2 rings (SSSR count). The van der Waals surface area contributed by atoms with Crippen molar-refractivity contribution >= 4 is 0 Å². The molecule has 0 spiro atoms. The minimum Gasteiger partial charge on any atom is -0.312 e. The van der Waals surface area contributed by atoms with Crippen LogP contribution in [0.5, 0.6) is 0 Å². The molecule has 2 aliphatic heterocycles. The Morgan fingerprint density at radius 1 is 1.22 bits per heavy atom. The normalized spacial score (nSPS) is 32.8. The molecule has 3 heteroatoms. The molecule has 2 aliphatic rings. The van der Waals surface area contributed by atoms with E-state index < -0.39 is 0 Å². The van der Waals surface area contributed by atoms with E-state index in [1.165, 1.54) is 58.4 Å². The first-order valence-corrected chi connectivity index (χ1v) is 7.86. The standard InChI is InChI=1S/C15H31N3/c1-4-18-10-6-8-15(18)11-16-13(2)14-7-5-9-17(3)12-14/h13-16H,4-12H2,1-3H3. The fourth-order valence-electron chi connectivity index (χ4n) is 3.65. The third-order valence-electron chi connectivity index (χ3n) is 4.95. The minimum absolute atomic E-state index is 0.673. The molecule has 106 valence electrons. The first kappa shape index (κ1) is 14.3. The van der Waals surface area contributed by atoms with Crippen molar-refractivity contribution in [1.29, 1.82) is 0 Å². The lowest BCUT2D eigenvalue weighted by atomic mass is 9.92. The van der Waals surface area contributed by atoms with E-state index >= 15 is 0 Å². The van der Waals surface area contributed by atoms with Gasteiger partial charge in [0.15, 0.2) is 0 Å². The lowest BCUT2D eigenvalue weighted by Crippen LogP contribution is -2.47. The van der Waals surface area contributed by atoms with Gasteiger partial charge in [-0.2, -0.15) is 0 Å². The molecular formula is C15H31N3. The first-order chi connectivity index (χ1) is 8.70. The van der Waals surface area contributed by atoms with Gasteiger partial charge in [0, 0.05) is 25.2 Å². The van der Waals surface area contributed by atoms with Crippen LogP contribution in [0.25, 0.3) is 0 Å². The van der Waals surface area contributed by atoms with Gasteiger partial charge in [-0.3, -0.25) is 4.90 Å². The van der Waals surface area contributed by atoms with E-state index in [4.69, 9.17) is 0 Å². The largest absolute Gasteiger partial charge is 0.312 e. The maximum atomic E-state index is 3.81. The number of nitrogens with zero attached hydrogens (tertiary/aromatic N) is 2. The summed E-state index contributed by atoms with van der Waals surface area (Å²) in [5.74, 6) is 0.847. The van der Waals surface area contributed by atoms with Crippen LogP contribution in [0, 0.1) is 5.92 Å². The Hall–Kier alpha value is -0.120. The van der Waals surface area contributed by atoms with Crippen LogP contribution in [0.4, 0.5) is 0 Å². The van der Waals surface area contributed by atoms with Gasteiger partial charge in [0.1, 0.15) is 0 Å². The molecule has 1 N–H and O–H groups in total. The zero-order chi connectivity index (χ0) is 13.0. The molecule has 0 aliphatic carbocycles. The summed E-state index contributed by atoms with van der Waals surface area (Å²) in [5, 5.41) is 3.81. The van der Waals surface area contributed by atoms with Crippen molar-refractivity contribution in [3.8, 4) is 0 Å². The van der Waals surface area contributed by atoms with Gasteiger partial charge in [0.25, 0.3) is 0 Å². The summed E-state index contributed by atoms with van der Waals surface area (Å²) < 4.78 is 0. The SMILES string of the molecule is CCN1CCCC1CNC(C)C1CCCN(C)C1. The lowest BCUT2D eigenvalue weighted by Gasteiger charge is -2.35. The topological polar surface area (TPSA) is 18.5 Å². The van der Waals surface area contributed by atoms with Crippen LogP contribution in [0.1, 0.15) is 39.5 Å². The second kappa shape index (κ2) is 6.88. The van der Waals surface area contributed by atoms with Crippen LogP contribution < -0.4 is 5.32 Å². The highest BCUT2D eigenvalue weighted by Gasteiger charge is 2.26. The predicted octanol–water partition coefficient (Wildman–Crippen LogP) is 1.79. The molecule has 0 radical (unpaired) electrons. The number of piperidine rings is 1. The van der Waals surface area contributed by atoms with Crippen molar-refractivity contribution in [2.24, 2.45) is 5.92 Å². The molecular weight excluding hydrogens is 222 g/mol. The van der Waals surface area contributed by atoms with E-state index in [2.05, 4.69) is 36.0 Å². The summed E-state index contributed by atoms with van der Waals surface area (Å²) in [7, 11) is 2.26. The van der Waals surface area contributed by atoms with Crippen LogP contribution in [-0.4, -0.2) is 61.7 Å². The molecule has 3 unspecified atom stereocenters. The van der Waals surface area contributed by atoms with Gasteiger partial charge < -0.3 is 10.2 Å². The number of nitrogens with one attached hydrogen (secondary N) is 1. The zero-order valence-electron chi connectivity index (χ0n) is 12.5. The van der Waals surface area contributed by atoms with Crippen molar-refractivity contribution < 1.29 is 0 Å². The quantitative estimate of drug-likeness (QED) is 0.806. The van der Waals surface area contributed by atoms with E-state index in [0.29, 0.717) is 6.04 Å². The van der Waals surface area contributed by atoms with Gasteiger partial charge in [-0.25, -0.2) is 0 Å². The predicted molar refractivity (Wildman–Crippen MR) is 78.0 cm³/mol. The molecule has 0 aromatic rings. The number of likely N-dealkylation sites (tertiary alicyclic amines) is 2. The second-order valence-corrected chi connectivity index (χ2v) is 6.29. The van der Waals surface area contributed by atoms with Crippen LogP contribution >= 0.6 is 0 Å². The first-order valence-electron chi connectivity index (χ1n) is 7.86. The van der Waals surface area contributed by atoms with E-state index in [-0.39, 0.29) is 0 Å². The van der Waals surface area contributed by atoms with Gasteiger partial charge in [-0.05, 0) is 65.2 Å². The van der Waals surface area contributed by atoms with Crippen LogP contribution in [0.3, 0.4) is 0 Å². The summed E-state index contributed by atoms with van der Waals surface area (Å²) in [6, 6.07) is 1.46. The summed E-state index contributed by atoms with van der Waals surface area (Å²) >= 11 is 0. The molecule has 0 saturated carbocycles. The summed E-state index contributed by atoms with van der Waals surface area (Å²) in [4.78, 5) is 5.12. The highest BCUT2D eigenvalue weighted by atomic mass is 15.2. The average Bonchev–Trinajstić information content (AvgIpc) is 2.83. The Bertz CT molecular complexity index is 244. The highest BCUT2D eigenvalue weighted by Crippen LogP contribution is 2.20. The number of hydrogen-bond donors (Lipinski definition) is 1. The van der Waals surface area contributed by atoms with Gasteiger partial charge in [-0.15, -0.1) is 0 Å². The van der Waals surface area contributed by atoms with Gasteiger partial charge in [0.2, 0.25) is 0 Å². The molecule has 0 amide bonds. The molecule has 2 fully saturated rings. The molecule has 3 atom stereocenters. The Labute approximate surface area is 113 Å². The number of likely N-dealkylation sites (N-methyl/N-ethyl adjacent to an activating group) is 1. The Balaban J connectivity index is 1.72. The van der Waals surface area contributed by atoms with Crippen molar-refractivity contribution in [3.63, 3.8) is 0 Å². The third-order valence-corrected chi connectivity index (χ3v) is 4.95. The van der Waals surface area contributed by atoms with Crippen molar-refractivity contribution in [2.75, 3.05) is 39.8 Å². The van der Waals surface area contributed by atoms with Crippen molar-refractivity contribution in [2.45, 2.75) is 51.6 Å². The molecule has 0 bridgehead atoms. The van der Waals surface area contributed by atoms with Gasteiger partial charge >= 0.3 is 0 Å². The third kappa shape index (κ3) is 3.69. The van der Waals surface area contributed by atoms with Gasteiger partial charge in [-0.1, -0.05) is 6.92 Å². The maximum Gasteiger partial charge on any atom is 0.0221 e. The maximum absolute atomic E-state index is 3.81. The molecule has 2 saturated heterocycles. The highest BCUT2D eigenvalue weighted by molar-refractivity contribution is 4.84. The van der Waals surface area contributed by atoms with Crippen molar-refractivity contribution in [1.82, 2.24) is 15.1 Å². The van der Waals surface area contributed by atoms with E-state index in [1.54, 1.807) is 0 Å². The fourth-order valence-corrected chi connectivity index (χ4v) is 3.65. The molecule has 3 nitrogen and oxygen atoms in total. The fraction of sp³-hybridized carbons (Fsp3) is 1.00. The summed E-state index contributed by atoms with van der Waals surface area (Å²) in [6.07, 6.45) is 5.55. The van der Waals surface area contributed by atoms with E-state index in [9.17, 15) is 0 Å². The smallest absolute Gasteiger partial charge is 0.0221 e. The van der Waals surface area contributed by atoms with Crippen molar-refractivity contribution in [3.05, 3.63) is 0 Å². The lowest BCUT2D eigenvalue weighted by molar-refractivity contribution is 0.171. The molecule has 0 aromatic carbocycles. The Morgan fingerprint density at radius 2 is 2.00 bits per heavy atom. The van der Waals surface area contributed by atoms with E-state index in [1.807, 2.05) is 0 Å². The van der Waals surface area contributed by atoms with E-state index in [0.717, 1.165) is 12.0 Å².